The summed E-state index contributed by atoms with van der Waals surface area (Å²) < 4.78 is 53.2. The summed E-state index contributed by atoms with van der Waals surface area (Å²) in [5.41, 5.74) is 3.50. The lowest BCUT2D eigenvalue weighted by atomic mass is 9.99. The Morgan fingerprint density at radius 2 is 1.73 bits per heavy atom. The van der Waals surface area contributed by atoms with Gasteiger partial charge in [-0.05, 0) is 59.5 Å². The molecular weight excluding hydrogens is 427 g/mol. The molecule has 0 fully saturated rings. The first kappa shape index (κ1) is 21.3. The van der Waals surface area contributed by atoms with Gasteiger partial charge in [0.05, 0.1) is 12.7 Å². The van der Waals surface area contributed by atoms with Gasteiger partial charge in [0.2, 0.25) is 0 Å². The number of rotatable bonds is 5. The molecule has 1 aliphatic heterocycles. The first-order valence-electron chi connectivity index (χ1n) is 10.7. The zero-order valence-electron chi connectivity index (χ0n) is 18.1. The normalized spacial score (nSPS) is 14.5. The molecule has 1 aromatic heterocycles. The van der Waals surface area contributed by atoms with Crippen molar-refractivity contribution in [1.29, 1.82) is 0 Å². The Balaban J connectivity index is 1.44. The second-order valence-electron chi connectivity index (χ2n) is 8.10. The average molecular weight is 449 g/mol. The second kappa shape index (κ2) is 8.79. The zero-order valence-corrected chi connectivity index (χ0v) is 18.1. The molecule has 33 heavy (non-hydrogen) atoms. The minimum absolute atomic E-state index is 0.128. The van der Waals surface area contributed by atoms with Gasteiger partial charge in [-0.1, -0.05) is 30.3 Å². The maximum Gasteiger partial charge on any atom is 0.176 e. The maximum absolute atomic E-state index is 14.4. The van der Waals surface area contributed by atoms with E-state index < -0.39 is 11.6 Å². The summed E-state index contributed by atoms with van der Waals surface area (Å²) in [4.78, 5) is 2.28. The van der Waals surface area contributed by atoms with E-state index >= 15 is 0 Å². The second-order valence-corrected chi connectivity index (χ2v) is 8.10. The molecule has 4 aromatic rings. The van der Waals surface area contributed by atoms with Crippen molar-refractivity contribution in [3.05, 3.63) is 95.3 Å². The fourth-order valence-corrected chi connectivity index (χ4v) is 4.33. The highest BCUT2D eigenvalue weighted by molar-refractivity contribution is 5.90. The van der Waals surface area contributed by atoms with E-state index in [0.29, 0.717) is 17.9 Å². The van der Waals surface area contributed by atoms with Crippen LogP contribution in [0, 0.1) is 17.5 Å². The van der Waals surface area contributed by atoms with Crippen molar-refractivity contribution in [3.8, 4) is 17.1 Å². The number of fused-ring (bicyclic) bond motifs is 1. The number of hydrogen-bond donors (Lipinski definition) is 0. The lowest BCUT2D eigenvalue weighted by Gasteiger charge is -2.26. The van der Waals surface area contributed by atoms with E-state index in [2.05, 4.69) is 11.0 Å². The van der Waals surface area contributed by atoms with Crippen LogP contribution in [0.25, 0.3) is 27.9 Å². The van der Waals surface area contributed by atoms with Crippen LogP contribution in [-0.4, -0.2) is 25.1 Å². The molecule has 0 amide bonds. The Morgan fingerprint density at radius 3 is 2.39 bits per heavy atom. The van der Waals surface area contributed by atoms with E-state index in [1.165, 1.54) is 43.0 Å². The van der Waals surface area contributed by atoms with Gasteiger partial charge in [-0.3, -0.25) is 4.90 Å². The molecule has 3 nitrogen and oxygen atoms in total. The van der Waals surface area contributed by atoms with E-state index in [4.69, 9.17) is 9.15 Å². The van der Waals surface area contributed by atoms with Crippen LogP contribution in [0.3, 0.4) is 0 Å². The SMILES string of the molecule is COc1ccc(CN2CC=C(c3ccc(F)cc3)CC2)c2cc(-c3c(F)cccc3F)oc12. The maximum atomic E-state index is 14.4. The number of benzene rings is 3. The summed E-state index contributed by atoms with van der Waals surface area (Å²) >= 11 is 0. The van der Waals surface area contributed by atoms with Crippen LogP contribution in [0.15, 0.2) is 71.2 Å². The molecule has 0 aliphatic carbocycles. The molecule has 6 heteroatoms. The predicted octanol–water partition coefficient (Wildman–Crippen LogP) is 6.82. The predicted molar refractivity (Wildman–Crippen MR) is 122 cm³/mol. The minimum Gasteiger partial charge on any atom is -0.493 e. The monoisotopic (exact) mass is 449 g/mol. The largest absolute Gasteiger partial charge is 0.493 e. The highest BCUT2D eigenvalue weighted by Crippen LogP contribution is 2.38. The van der Waals surface area contributed by atoms with Gasteiger partial charge in [0.1, 0.15) is 23.2 Å². The van der Waals surface area contributed by atoms with Crippen molar-refractivity contribution in [3.63, 3.8) is 0 Å². The molecule has 0 saturated carbocycles. The van der Waals surface area contributed by atoms with Crippen LogP contribution in [0.2, 0.25) is 0 Å². The fourth-order valence-electron chi connectivity index (χ4n) is 4.33. The first-order chi connectivity index (χ1) is 16.0. The molecule has 1 aliphatic rings. The third kappa shape index (κ3) is 4.14. The zero-order chi connectivity index (χ0) is 22.9. The molecule has 2 heterocycles. The van der Waals surface area contributed by atoms with Crippen LogP contribution in [0.1, 0.15) is 17.5 Å². The van der Waals surface area contributed by atoms with E-state index in [1.807, 2.05) is 12.1 Å². The number of furan rings is 1. The lowest BCUT2D eigenvalue weighted by Crippen LogP contribution is -2.28. The number of ether oxygens (including phenoxy) is 1. The van der Waals surface area contributed by atoms with Gasteiger partial charge in [-0.2, -0.15) is 0 Å². The summed E-state index contributed by atoms with van der Waals surface area (Å²) in [6, 6.07) is 15.8. The van der Waals surface area contributed by atoms with Gasteiger partial charge in [0.25, 0.3) is 0 Å². The standard InChI is InChI=1S/C27H22F3NO2/c1-32-24-10-7-19(16-31-13-11-18(12-14-31)17-5-8-20(28)9-6-17)21-15-25(33-27(21)24)26-22(29)3-2-4-23(26)30/h2-11,15H,12-14,16H2,1H3. The average Bonchev–Trinajstić information content (AvgIpc) is 3.26. The molecule has 3 aromatic carbocycles. The van der Waals surface area contributed by atoms with Crippen molar-refractivity contribution in [2.24, 2.45) is 0 Å². The summed E-state index contributed by atoms with van der Waals surface area (Å²) in [7, 11) is 1.53. The van der Waals surface area contributed by atoms with Crippen LogP contribution in [-0.2, 0) is 6.54 Å². The van der Waals surface area contributed by atoms with Gasteiger partial charge in [-0.25, -0.2) is 13.2 Å². The van der Waals surface area contributed by atoms with E-state index in [0.717, 1.165) is 36.0 Å². The Hall–Kier alpha value is -3.51. The van der Waals surface area contributed by atoms with Gasteiger partial charge in [0, 0.05) is 25.0 Å². The lowest BCUT2D eigenvalue weighted by molar-refractivity contribution is 0.295. The van der Waals surface area contributed by atoms with Crippen molar-refractivity contribution >= 4 is 16.5 Å². The number of hydrogen-bond acceptors (Lipinski definition) is 3. The molecule has 0 unspecified atom stereocenters. The molecule has 0 atom stereocenters. The first-order valence-corrected chi connectivity index (χ1v) is 10.7. The van der Waals surface area contributed by atoms with Gasteiger partial charge in [-0.15, -0.1) is 0 Å². The highest BCUT2D eigenvalue weighted by Gasteiger charge is 2.21. The molecule has 0 bridgehead atoms. The number of halogens is 3. The van der Waals surface area contributed by atoms with Crippen LogP contribution in [0.4, 0.5) is 13.2 Å². The third-order valence-electron chi connectivity index (χ3n) is 6.07. The van der Waals surface area contributed by atoms with Crippen molar-refractivity contribution in [2.45, 2.75) is 13.0 Å². The van der Waals surface area contributed by atoms with Gasteiger partial charge < -0.3 is 9.15 Å². The molecule has 0 saturated heterocycles. The van der Waals surface area contributed by atoms with Gasteiger partial charge >= 0.3 is 0 Å². The van der Waals surface area contributed by atoms with E-state index in [1.54, 1.807) is 18.2 Å². The number of nitrogens with zero attached hydrogens (tertiary/aromatic N) is 1. The molecule has 0 spiro atoms. The van der Waals surface area contributed by atoms with Crippen molar-refractivity contribution in [2.75, 3.05) is 20.2 Å². The smallest absolute Gasteiger partial charge is 0.176 e. The fraction of sp³-hybridized carbons (Fsp3) is 0.185. The molecule has 5 rings (SSSR count). The summed E-state index contributed by atoms with van der Waals surface area (Å²) in [6.07, 6.45) is 3.01. The van der Waals surface area contributed by atoms with Crippen LogP contribution < -0.4 is 4.74 Å². The van der Waals surface area contributed by atoms with E-state index in [9.17, 15) is 13.2 Å². The van der Waals surface area contributed by atoms with Crippen LogP contribution in [0.5, 0.6) is 5.75 Å². The minimum atomic E-state index is -0.677. The summed E-state index contributed by atoms with van der Waals surface area (Å²) in [5, 5.41) is 0.764. The highest BCUT2D eigenvalue weighted by atomic mass is 19.1. The molecule has 0 N–H and O–H groups in total. The van der Waals surface area contributed by atoms with Crippen LogP contribution >= 0.6 is 0 Å². The topological polar surface area (TPSA) is 25.6 Å². The molecular formula is C27H22F3NO2. The Bertz CT molecular complexity index is 1320. The van der Waals surface area contributed by atoms with Gasteiger partial charge in [0.15, 0.2) is 11.3 Å². The summed E-state index contributed by atoms with van der Waals surface area (Å²) in [5.74, 6) is -0.958. The Labute approximate surface area is 189 Å². The molecule has 0 radical (unpaired) electrons. The summed E-state index contributed by atoms with van der Waals surface area (Å²) in [6.45, 7) is 2.22. The van der Waals surface area contributed by atoms with Crippen molar-refractivity contribution < 1.29 is 22.3 Å². The Kier molecular flexibility index (Phi) is 5.68. The van der Waals surface area contributed by atoms with E-state index in [-0.39, 0.29) is 17.1 Å². The quantitative estimate of drug-likeness (QED) is 0.335. The Morgan fingerprint density at radius 1 is 0.970 bits per heavy atom. The van der Waals surface area contributed by atoms with Crippen molar-refractivity contribution in [1.82, 2.24) is 4.90 Å². The third-order valence-corrected chi connectivity index (χ3v) is 6.07. The number of methoxy groups -OCH3 is 1. The molecule has 168 valence electrons.